The lowest BCUT2D eigenvalue weighted by molar-refractivity contribution is -0.122. The van der Waals surface area contributed by atoms with E-state index in [4.69, 9.17) is 5.73 Å². The van der Waals surface area contributed by atoms with Crippen molar-refractivity contribution in [3.05, 3.63) is 29.3 Å². The monoisotopic (exact) mass is 246 g/mol. The quantitative estimate of drug-likeness (QED) is 0.864. The second-order valence-electron chi connectivity index (χ2n) is 4.68. The number of ketones is 1. The van der Waals surface area contributed by atoms with Gasteiger partial charge in [0.2, 0.25) is 5.91 Å². The molecule has 1 aromatic carbocycles. The summed E-state index contributed by atoms with van der Waals surface area (Å²) in [5.74, 6) is 0.0338. The van der Waals surface area contributed by atoms with Crippen LogP contribution < -0.4 is 10.6 Å². The third kappa shape index (κ3) is 2.59. The summed E-state index contributed by atoms with van der Waals surface area (Å²) in [6.45, 7) is 2.29. The SMILES string of the molecule is CC(=O)CN1C(=O)CCc2cc(CCN)ccc21. The molecule has 0 atom stereocenters. The molecule has 4 heteroatoms. The van der Waals surface area contributed by atoms with E-state index in [1.54, 1.807) is 4.90 Å². The summed E-state index contributed by atoms with van der Waals surface area (Å²) in [5.41, 5.74) is 8.75. The zero-order chi connectivity index (χ0) is 13.1. The molecule has 0 aromatic heterocycles. The van der Waals surface area contributed by atoms with Crippen LogP contribution in [0, 0.1) is 0 Å². The van der Waals surface area contributed by atoms with Gasteiger partial charge in [0.25, 0.3) is 0 Å². The molecule has 1 aromatic rings. The number of hydrogen-bond donors (Lipinski definition) is 1. The highest BCUT2D eigenvalue weighted by Crippen LogP contribution is 2.28. The Kier molecular flexibility index (Phi) is 3.77. The first-order valence-electron chi connectivity index (χ1n) is 6.23. The molecule has 18 heavy (non-hydrogen) atoms. The lowest BCUT2D eigenvalue weighted by Crippen LogP contribution is -2.38. The van der Waals surface area contributed by atoms with E-state index in [9.17, 15) is 9.59 Å². The predicted molar refractivity (Wildman–Crippen MR) is 70.6 cm³/mol. The molecule has 0 radical (unpaired) electrons. The van der Waals surface area contributed by atoms with Crippen LogP contribution in [0.25, 0.3) is 0 Å². The second kappa shape index (κ2) is 5.31. The van der Waals surface area contributed by atoms with Gasteiger partial charge in [-0.2, -0.15) is 0 Å². The molecular weight excluding hydrogens is 228 g/mol. The van der Waals surface area contributed by atoms with Crippen LogP contribution in [-0.2, 0) is 22.4 Å². The minimum absolute atomic E-state index is 0.00207. The Labute approximate surface area is 107 Å². The van der Waals surface area contributed by atoms with Crippen LogP contribution in [0.4, 0.5) is 5.69 Å². The number of carbonyl (C=O) groups is 2. The van der Waals surface area contributed by atoms with Gasteiger partial charge in [0.15, 0.2) is 0 Å². The molecule has 1 aliphatic heterocycles. The molecule has 0 fully saturated rings. The maximum Gasteiger partial charge on any atom is 0.227 e. The van der Waals surface area contributed by atoms with E-state index in [1.807, 2.05) is 12.1 Å². The van der Waals surface area contributed by atoms with Crippen LogP contribution in [-0.4, -0.2) is 24.8 Å². The Bertz CT molecular complexity index is 483. The first kappa shape index (κ1) is 12.8. The summed E-state index contributed by atoms with van der Waals surface area (Å²) in [4.78, 5) is 24.7. The van der Waals surface area contributed by atoms with Gasteiger partial charge < -0.3 is 10.6 Å². The Hall–Kier alpha value is -1.68. The molecule has 0 saturated heterocycles. The van der Waals surface area contributed by atoms with E-state index >= 15 is 0 Å². The summed E-state index contributed by atoms with van der Waals surface area (Å²) < 4.78 is 0. The van der Waals surface area contributed by atoms with Gasteiger partial charge in [0.1, 0.15) is 5.78 Å². The van der Waals surface area contributed by atoms with Crippen molar-refractivity contribution in [3.8, 4) is 0 Å². The first-order chi connectivity index (χ1) is 8.61. The molecule has 1 heterocycles. The van der Waals surface area contributed by atoms with E-state index < -0.39 is 0 Å². The van der Waals surface area contributed by atoms with Crippen molar-refractivity contribution in [2.45, 2.75) is 26.2 Å². The number of benzene rings is 1. The molecule has 4 nitrogen and oxygen atoms in total. The number of amides is 1. The van der Waals surface area contributed by atoms with Crippen molar-refractivity contribution in [1.29, 1.82) is 0 Å². The third-order valence-corrected chi connectivity index (χ3v) is 3.16. The van der Waals surface area contributed by atoms with Crippen LogP contribution in [0.3, 0.4) is 0 Å². The van der Waals surface area contributed by atoms with Gasteiger partial charge in [0, 0.05) is 12.1 Å². The van der Waals surface area contributed by atoms with Crippen molar-refractivity contribution in [2.24, 2.45) is 5.73 Å². The minimum Gasteiger partial charge on any atom is -0.330 e. The maximum absolute atomic E-state index is 11.9. The number of anilines is 1. The minimum atomic E-state index is 0.00207. The number of aryl methyl sites for hydroxylation is 1. The topological polar surface area (TPSA) is 63.4 Å². The van der Waals surface area contributed by atoms with Gasteiger partial charge in [-0.15, -0.1) is 0 Å². The number of fused-ring (bicyclic) bond motifs is 1. The van der Waals surface area contributed by atoms with Crippen molar-refractivity contribution >= 4 is 17.4 Å². The number of hydrogen-bond acceptors (Lipinski definition) is 3. The average Bonchev–Trinajstić information content (AvgIpc) is 2.33. The zero-order valence-electron chi connectivity index (χ0n) is 10.6. The summed E-state index contributed by atoms with van der Waals surface area (Å²) in [6, 6.07) is 6.01. The largest absolute Gasteiger partial charge is 0.330 e. The summed E-state index contributed by atoms with van der Waals surface area (Å²) in [6.07, 6.45) is 2.07. The Morgan fingerprint density at radius 2 is 2.17 bits per heavy atom. The fourth-order valence-electron chi connectivity index (χ4n) is 2.33. The standard InChI is InChI=1S/C14H18N2O2/c1-10(17)9-16-13-4-2-11(6-7-15)8-12(13)3-5-14(16)18/h2,4,8H,3,5-7,9,15H2,1H3. The lowest BCUT2D eigenvalue weighted by Gasteiger charge is -2.29. The van der Waals surface area contributed by atoms with E-state index in [0.29, 0.717) is 13.0 Å². The van der Waals surface area contributed by atoms with E-state index in [0.717, 1.165) is 24.1 Å². The van der Waals surface area contributed by atoms with Gasteiger partial charge in [-0.3, -0.25) is 9.59 Å². The van der Waals surface area contributed by atoms with E-state index in [2.05, 4.69) is 6.07 Å². The van der Waals surface area contributed by atoms with Crippen molar-refractivity contribution in [2.75, 3.05) is 18.0 Å². The lowest BCUT2D eigenvalue weighted by atomic mass is 9.97. The zero-order valence-corrected chi connectivity index (χ0v) is 10.6. The highest BCUT2D eigenvalue weighted by atomic mass is 16.2. The van der Waals surface area contributed by atoms with Gasteiger partial charge in [-0.05, 0) is 43.5 Å². The van der Waals surface area contributed by atoms with Gasteiger partial charge in [-0.1, -0.05) is 12.1 Å². The van der Waals surface area contributed by atoms with Crippen molar-refractivity contribution < 1.29 is 9.59 Å². The predicted octanol–water partition coefficient (Wildman–Crippen LogP) is 1.06. The molecule has 2 rings (SSSR count). The summed E-state index contributed by atoms with van der Waals surface area (Å²) in [5, 5.41) is 0. The number of Topliss-reactive ketones (excluding diaryl/α,β-unsaturated/α-hetero) is 1. The number of nitrogens with two attached hydrogens (primary N) is 1. The summed E-state index contributed by atoms with van der Waals surface area (Å²) in [7, 11) is 0. The highest BCUT2D eigenvalue weighted by molar-refractivity contribution is 6.01. The molecule has 0 spiro atoms. The van der Waals surface area contributed by atoms with E-state index in [1.165, 1.54) is 12.5 Å². The average molecular weight is 246 g/mol. The Morgan fingerprint density at radius 1 is 1.39 bits per heavy atom. The molecular formula is C14H18N2O2. The summed E-state index contributed by atoms with van der Waals surface area (Å²) >= 11 is 0. The van der Waals surface area contributed by atoms with E-state index in [-0.39, 0.29) is 18.2 Å². The number of rotatable bonds is 4. The van der Waals surface area contributed by atoms with Crippen LogP contribution in [0.15, 0.2) is 18.2 Å². The number of carbonyl (C=O) groups excluding carboxylic acids is 2. The van der Waals surface area contributed by atoms with Crippen LogP contribution in [0.1, 0.15) is 24.5 Å². The van der Waals surface area contributed by atoms with Crippen molar-refractivity contribution in [1.82, 2.24) is 0 Å². The molecule has 1 amide bonds. The van der Waals surface area contributed by atoms with Gasteiger partial charge in [0.05, 0.1) is 6.54 Å². The first-order valence-corrected chi connectivity index (χ1v) is 6.23. The normalized spacial score (nSPS) is 14.6. The molecule has 0 saturated carbocycles. The molecule has 0 bridgehead atoms. The Balaban J connectivity index is 2.32. The third-order valence-electron chi connectivity index (χ3n) is 3.16. The second-order valence-corrected chi connectivity index (χ2v) is 4.68. The maximum atomic E-state index is 11.9. The molecule has 96 valence electrons. The van der Waals surface area contributed by atoms with Crippen LogP contribution in [0.5, 0.6) is 0 Å². The molecule has 0 aliphatic carbocycles. The van der Waals surface area contributed by atoms with Crippen molar-refractivity contribution in [3.63, 3.8) is 0 Å². The number of nitrogens with zero attached hydrogens (tertiary/aromatic N) is 1. The molecule has 1 aliphatic rings. The molecule has 0 unspecified atom stereocenters. The smallest absolute Gasteiger partial charge is 0.227 e. The van der Waals surface area contributed by atoms with Crippen LogP contribution in [0.2, 0.25) is 0 Å². The highest BCUT2D eigenvalue weighted by Gasteiger charge is 2.24. The van der Waals surface area contributed by atoms with Gasteiger partial charge in [-0.25, -0.2) is 0 Å². The fourth-order valence-corrected chi connectivity index (χ4v) is 2.33. The Morgan fingerprint density at radius 3 is 2.83 bits per heavy atom. The van der Waals surface area contributed by atoms with Gasteiger partial charge >= 0.3 is 0 Å². The van der Waals surface area contributed by atoms with Crippen LogP contribution >= 0.6 is 0 Å². The molecule has 2 N–H and O–H groups in total. The fraction of sp³-hybridized carbons (Fsp3) is 0.429.